The summed E-state index contributed by atoms with van der Waals surface area (Å²) in [5.74, 6) is -0.303. The number of aryl methyl sites for hydroxylation is 2. The van der Waals surface area contributed by atoms with Gasteiger partial charge in [0.15, 0.2) is 0 Å². The van der Waals surface area contributed by atoms with Gasteiger partial charge in [-0.15, -0.1) is 12.4 Å². The number of β-amino-alcohol motifs (C(OH)–C–C–N with tert-alkyl or cyclic N) is 1. The Morgan fingerprint density at radius 3 is 2.70 bits per heavy atom. The van der Waals surface area contributed by atoms with Gasteiger partial charge in [-0.1, -0.05) is 17.7 Å². The maximum Gasteiger partial charge on any atom is 0.237 e. The van der Waals surface area contributed by atoms with Crippen LogP contribution in [-0.2, 0) is 9.59 Å². The van der Waals surface area contributed by atoms with Crippen LogP contribution in [0.15, 0.2) is 18.2 Å². The summed E-state index contributed by atoms with van der Waals surface area (Å²) in [6.45, 7) is 4.67. The zero-order chi connectivity index (χ0) is 16.1. The number of hydrogen-bond donors (Lipinski definition) is 4. The van der Waals surface area contributed by atoms with Crippen molar-refractivity contribution in [2.75, 3.05) is 18.4 Å². The van der Waals surface area contributed by atoms with Crippen molar-refractivity contribution in [3.05, 3.63) is 29.3 Å². The standard InChI is InChI=1S/C16H23N3O3.ClH/c1-10-3-4-13(11(2)7-10)19-15(21)5-6-17-16(22)14-8-12(20)9-18-14;/h3-4,7,12,14,18,20H,5-6,8-9H2,1-2H3,(H,17,22)(H,19,21);1H/t12-,14-;/m1./s1. The Morgan fingerprint density at radius 2 is 2.09 bits per heavy atom. The number of carbonyl (C=O) groups is 2. The van der Waals surface area contributed by atoms with Crippen LogP contribution in [0.1, 0.15) is 24.0 Å². The van der Waals surface area contributed by atoms with Crippen molar-refractivity contribution in [1.29, 1.82) is 0 Å². The molecular formula is C16H24ClN3O3. The molecule has 0 bridgehead atoms. The van der Waals surface area contributed by atoms with Gasteiger partial charge in [-0.3, -0.25) is 9.59 Å². The molecule has 23 heavy (non-hydrogen) atoms. The Morgan fingerprint density at radius 1 is 1.35 bits per heavy atom. The van der Waals surface area contributed by atoms with Crippen molar-refractivity contribution in [1.82, 2.24) is 10.6 Å². The van der Waals surface area contributed by atoms with E-state index in [2.05, 4.69) is 16.0 Å². The number of aliphatic hydroxyl groups is 1. The molecule has 2 amide bonds. The molecule has 7 heteroatoms. The molecule has 1 fully saturated rings. The Balaban J connectivity index is 0.00000264. The molecule has 1 aliphatic rings. The molecule has 1 heterocycles. The third-order valence-electron chi connectivity index (χ3n) is 3.73. The third-order valence-corrected chi connectivity index (χ3v) is 3.73. The largest absolute Gasteiger partial charge is 0.392 e. The molecule has 128 valence electrons. The molecule has 2 atom stereocenters. The van der Waals surface area contributed by atoms with E-state index in [-0.39, 0.29) is 43.2 Å². The van der Waals surface area contributed by atoms with Crippen LogP contribution >= 0.6 is 12.4 Å². The fourth-order valence-electron chi connectivity index (χ4n) is 2.51. The van der Waals surface area contributed by atoms with Crippen molar-refractivity contribution < 1.29 is 14.7 Å². The lowest BCUT2D eigenvalue weighted by Crippen LogP contribution is -2.41. The second-order valence-electron chi connectivity index (χ2n) is 5.76. The van der Waals surface area contributed by atoms with E-state index >= 15 is 0 Å². The number of halogens is 1. The van der Waals surface area contributed by atoms with Gasteiger partial charge in [0, 0.05) is 25.2 Å². The molecule has 0 aromatic heterocycles. The average Bonchev–Trinajstić information content (AvgIpc) is 2.88. The van der Waals surface area contributed by atoms with E-state index in [0.29, 0.717) is 13.0 Å². The first kappa shape index (κ1) is 19.4. The number of anilines is 1. The minimum Gasteiger partial charge on any atom is -0.392 e. The topological polar surface area (TPSA) is 90.5 Å². The van der Waals surface area contributed by atoms with Gasteiger partial charge in [-0.2, -0.15) is 0 Å². The quantitative estimate of drug-likeness (QED) is 0.640. The molecule has 1 aromatic rings. The van der Waals surface area contributed by atoms with E-state index in [1.54, 1.807) is 0 Å². The summed E-state index contributed by atoms with van der Waals surface area (Å²) >= 11 is 0. The molecule has 2 rings (SSSR count). The van der Waals surface area contributed by atoms with Gasteiger partial charge in [0.05, 0.1) is 12.1 Å². The maximum absolute atomic E-state index is 11.9. The van der Waals surface area contributed by atoms with Crippen LogP contribution in [-0.4, -0.2) is 42.2 Å². The summed E-state index contributed by atoms with van der Waals surface area (Å²) in [5.41, 5.74) is 2.96. The van der Waals surface area contributed by atoms with Crippen LogP contribution in [0, 0.1) is 13.8 Å². The summed E-state index contributed by atoms with van der Waals surface area (Å²) in [7, 11) is 0. The number of nitrogens with one attached hydrogen (secondary N) is 3. The number of rotatable bonds is 5. The molecule has 6 nitrogen and oxygen atoms in total. The summed E-state index contributed by atoms with van der Waals surface area (Å²) in [6, 6.07) is 5.47. The molecular weight excluding hydrogens is 318 g/mol. The third kappa shape index (κ3) is 5.82. The van der Waals surface area contributed by atoms with E-state index in [9.17, 15) is 14.7 Å². The Hall–Kier alpha value is -1.63. The van der Waals surface area contributed by atoms with Gasteiger partial charge >= 0.3 is 0 Å². The van der Waals surface area contributed by atoms with Crippen molar-refractivity contribution in [3.63, 3.8) is 0 Å². The average molecular weight is 342 g/mol. The highest BCUT2D eigenvalue weighted by Crippen LogP contribution is 2.16. The van der Waals surface area contributed by atoms with Crippen LogP contribution in [0.3, 0.4) is 0 Å². The maximum atomic E-state index is 11.9. The number of hydrogen-bond acceptors (Lipinski definition) is 4. The molecule has 4 N–H and O–H groups in total. The van der Waals surface area contributed by atoms with Crippen molar-refractivity contribution in [3.8, 4) is 0 Å². The Labute approximate surface area is 142 Å². The van der Waals surface area contributed by atoms with Crippen LogP contribution in [0.4, 0.5) is 5.69 Å². The van der Waals surface area contributed by atoms with Gasteiger partial charge in [0.25, 0.3) is 0 Å². The predicted molar refractivity (Wildman–Crippen MR) is 91.8 cm³/mol. The minimum absolute atomic E-state index is 0. The van der Waals surface area contributed by atoms with Gasteiger partial charge in [0.2, 0.25) is 11.8 Å². The number of aliphatic hydroxyl groups excluding tert-OH is 1. The highest BCUT2D eigenvalue weighted by Gasteiger charge is 2.27. The van der Waals surface area contributed by atoms with Gasteiger partial charge in [0.1, 0.15) is 0 Å². The first-order valence-electron chi connectivity index (χ1n) is 7.52. The van der Waals surface area contributed by atoms with Gasteiger partial charge < -0.3 is 21.1 Å². The SMILES string of the molecule is Cc1ccc(NC(=O)CCNC(=O)[C@H]2C[C@@H](O)CN2)c(C)c1.Cl. The van der Waals surface area contributed by atoms with E-state index < -0.39 is 6.10 Å². The monoisotopic (exact) mass is 341 g/mol. The molecule has 0 radical (unpaired) electrons. The van der Waals surface area contributed by atoms with Crippen LogP contribution in [0.25, 0.3) is 0 Å². The van der Waals surface area contributed by atoms with Crippen LogP contribution in [0.5, 0.6) is 0 Å². The van der Waals surface area contributed by atoms with E-state index in [1.165, 1.54) is 0 Å². The lowest BCUT2D eigenvalue weighted by atomic mass is 10.1. The highest BCUT2D eigenvalue weighted by atomic mass is 35.5. The molecule has 0 aliphatic carbocycles. The Kier molecular flexibility index (Phi) is 7.48. The predicted octanol–water partition coefficient (Wildman–Crippen LogP) is 0.893. The van der Waals surface area contributed by atoms with Crippen LogP contribution in [0.2, 0.25) is 0 Å². The summed E-state index contributed by atoms with van der Waals surface area (Å²) in [5, 5.41) is 17.9. The molecule has 1 aliphatic heterocycles. The van der Waals surface area contributed by atoms with E-state index in [0.717, 1.165) is 16.8 Å². The normalized spacial score (nSPS) is 19.8. The summed E-state index contributed by atoms with van der Waals surface area (Å²) in [6.07, 6.45) is 0.165. The number of benzene rings is 1. The number of amides is 2. The van der Waals surface area contributed by atoms with Crippen molar-refractivity contribution >= 4 is 29.9 Å². The van der Waals surface area contributed by atoms with Crippen LogP contribution < -0.4 is 16.0 Å². The second kappa shape index (κ2) is 8.86. The first-order chi connectivity index (χ1) is 10.5. The Bertz CT molecular complexity index is 566. The summed E-state index contributed by atoms with van der Waals surface area (Å²) in [4.78, 5) is 23.7. The van der Waals surface area contributed by atoms with E-state index in [4.69, 9.17) is 0 Å². The molecule has 0 saturated carbocycles. The van der Waals surface area contributed by atoms with Crippen molar-refractivity contribution in [2.45, 2.75) is 38.8 Å². The van der Waals surface area contributed by atoms with Gasteiger partial charge in [-0.25, -0.2) is 0 Å². The minimum atomic E-state index is -0.469. The zero-order valence-electron chi connectivity index (χ0n) is 13.4. The first-order valence-corrected chi connectivity index (χ1v) is 7.52. The van der Waals surface area contributed by atoms with E-state index in [1.807, 2.05) is 32.0 Å². The van der Waals surface area contributed by atoms with Gasteiger partial charge in [-0.05, 0) is 31.9 Å². The number of carbonyl (C=O) groups excluding carboxylic acids is 2. The second-order valence-corrected chi connectivity index (χ2v) is 5.76. The molecule has 1 aromatic carbocycles. The summed E-state index contributed by atoms with van der Waals surface area (Å²) < 4.78 is 0. The molecule has 0 unspecified atom stereocenters. The molecule has 1 saturated heterocycles. The van der Waals surface area contributed by atoms with Crippen molar-refractivity contribution in [2.24, 2.45) is 0 Å². The lowest BCUT2D eigenvalue weighted by Gasteiger charge is -2.12. The highest BCUT2D eigenvalue weighted by molar-refractivity contribution is 5.92. The smallest absolute Gasteiger partial charge is 0.237 e. The lowest BCUT2D eigenvalue weighted by molar-refractivity contribution is -0.123. The fraction of sp³-hybridized carbons (Fsp3) is 0.500. The molecule has 0 spiro atoms. The zero-order valence-corrected chi connectivity index (χ0v) is 14.2. The fourth-order valence-corrected chi connectivity index (χ4v) is 2.51.